The molecule has 4 rings (SSSR count). The first-order valence-corrected chi connectivity index (χ1v) is 11.8. The van der Waals surface area contributed by atoms with E-state index >= 15 is 0 Å². The van der Waals surface area contributed by atoms with Crippen LogP contribution in [0.4, 0.5) is 17.3 Å². The summed E-state index contributed by atoms with van der Waals surface area (Å²) < 4.78 is 0. The Morgan fingerprint density at radius 3 is 2.61 bits per heavy atom. The van der Waals surface area contributed by atoms with Crippen LogP contribution in [-0.2, 0) is 4.79 Å². The Morgan fingerprint density at radius 2 is 2.00 bits per heavy atom. The van der Waals surface area contributed by atoms with E-state index in [-0.39, 0.29) is 5.91 Å². The number of carbonyl (C=O) groups is 1. The predicted molar refractivity (Wildman–Crippen MR) is 131 cm³/mol. The summed E-state index contributed by atoms with van der Waals surface area (Å²) in [6, 6.07) is 9.24. The maximum absolute atomic E-state index is 11.6. The van der Waals surface area contributed by atoms with Crippen molar-refractivity contribution >= 4 is 40.8 Å². The van der Waals surface area contributed by atoms with Gasteiger partial charge in [-0.15, -0.1) is 0 Å². The van der Waals surface area contributed by atoms with E-state index in [1.54, 1.807) is 19.1 Å². The summed E-state index contributed by atoms with van der Waals surface area (Å²) in [4.78, 5) is 28.1. The maximum atomic E-state index is 11.6. The second-order valence-corrected chi connectivity index (χ2v) is 9.74. The largest absolute Gasteiger partial charge is 0.402 e. The summed E-state index contributed by atoms with van der Waals surface area (Å²) in [5.74, 6) is 1.77. The summed E-state index contributed by atoms with van der Waals surface area (Å²) in [5, 5.41) is 13.5. The van der Waals surface area contributed by atoms with Crippen LogP contribution in [0.25, 0.3) is 0 Å². The summed E-state index contributed by atoms with van der Waals surface area (Å²) in [5.41, 5.74) is 12.9. The second kappa shape index (κ2) is 9.40. The van der Waals surface area contributed by atoms with Crippen LogP contribution in [0, 0.1) is 5.92 Å². The van der Waals surface area contributed by atoms with E-state index in [0.717, 1.165) is 29.1 Å². The first kappa shape index (κ1) is 23.1. The van der Waals surface area contributed by atoms with E-state index in [0.29, 0.717) is 48.1 Å². The molecule has 1 aromatic heterocycles. The Kier molecular flexibility index (Phi) is 6.57. The molecule has 2 aliphatic rings. The van der Waals surface area contributed by atoms with Gasteiger partial charge in [0.15, 0.2) is 11.0 Å². The second-order valence-electron chi connectivity index (χ2n) is 8.70. The maximum Gasteiger partial charge on any atom is 0.224 e. The molecule has 1 aliphatic carbocycles. The molecule has 0 bridgehead atoms. The molecule has 1 amide bonds. The van der Waals surface area contributed by atoms with Gasteiger partial charge in [-0.25, -0.2) is 15.0 Å². The van der Waals surface area contributed by atoms with Crippen LogP contribution in [0.1, 0.15) is 33.1 Å². The van der Waals surface area contributed by atoms with Gasteiger partial charge in [0, 0.05) is 41.9 Å². The number of hydrogen-bond donors (Lipinski definition) is 4. The number of allylic oxidation sites excluding steroid dienone is 1. The summed E-state index contributed by atoms with van der Waals surface area (Å²) in [7, 11) is 0. The number of nitrogens with zero attached hydrogens (tertiary/aromatic N) is 4. The highest BCUT2D eigenvalue weighted by atomic mass is 32.2. The molecule has 2 aromatic rings. The Morgan fingerprint density at radius 1 is 1.30 bits per heavy atom. The molecule has 1 saturated heterocycles. The van der Waals surface area contributed by atoms with Gasteiger partial charge >= 0.3 is 0 Å². The first-order valence-electron chi connectivity index (χ1n) is 11.0. The normalized spacial score (nSPS) is 18.1. The van der Waals surface area contributed by atoms with E-state index < -0.39 is 5.60 Å². The van der Waals surface area contributed by atoms with Gasteiger partial charge in [-0.3, -0.25) is 4.79 Å². The van der Waals surface area contributed by atoms with Crippen LogP contribution < -0.4 is 21.7 Å². The predicted octanol–water partition coefficient (Wildman–Crippen LogP) is 2.79. The SMILES string of the molecule is CCC(=O)Nc1ccc(Sc2nc(N=C(N)C=C(N)C3CC3)cc(N3CC(C)(O)C3)n2)cc1. The number of carbonyl (C=O) groups excluding carboxylic acids is 1. The van der Waals surface area contributed by atoms with E-state index in [4.69, 9.17) is 11.5 Å². The Labute approximate surface area is 197 Å². The lowest BCUT2D eigenvalue weighted by Crippen LogP contribution is -2.60. The monoisotopic (exact) mass is 467 g/mol. The van der Waals surface area contributed by atoms with Crippen molar-refractivity contribution < 1.29 is 9.90 Å². The van der Waals surface area contributed by atoms with E-state index in [9.17, 15) is 9.90 Å². The third-order valence-electron chi connectivity index (χ3n) is 5.34. The number of rotatable bonds is 8. The van der Waals surface area contributed by atoms with Crippen molar-refractivity contribution in [1.29, 1.82) is 0 Å². The number of β-amino-alcohol motifs (C(OH)–C–C–N with tert-alkyl or cyclic N) is 1. The highest BCUT2D eigenvalue weighted by Crippen LogP contribution is 2.34. The van der Waals surface area contributed by atoms with Crippen molar-refractivity contribution in [2.24, 2.45) is 22.4 Å². The van der Waals surface area contributed by atoms with Gasteiger partial charge in [0.05, 0.1) is 5.60 Å². The molecule has 6 N–H and O–H groups in total. The standard InChI is InChI=1S/C23H29N7O2S/c1-3-21(31)26-15-6-8-16(9-7-15)33-22-28-19(27-18(25)10-17(24)14-4-5-14)11-20(29-22)30-12-23(2,32)13-30/h6-11,14,32H,3-5,12-13,24H2,1-2H3,(H,26,31)(H2,25,27,28,29). The highest BCUT2D eigenvalue weighted by Gasteiger charge is 2.37. The Hall–Kier alpha value is -3.11. The van der Waals surface area contributed by atoms with Crippen LogP contribution >= 0.6 is 11.8 Å². The van der Waals surface area contributed by atoms with Gasteiger partial charge in [-0.05, 0) is 67.8 Å². The third kappa shape index (κ3) is 6.23. The Bertz CT molecular complexity index is 1090. The molecule has 9 nitrogen and oxygen atoms in total. The minimum Gasteiger partial charge on any atom is -0.402 e. The van der Waals surface area contributed by atoms with Crippen molar-refractivity contribution in [3.8, 4) is 0 Å². The smallest absolute Gasteiger partial charge is 0.224 e. The number of aliphatic hydroxyl groups is 1. The van der Waals surface area contributed by atoms with E-state index in [1.807, 2.05) is 36.1 Å². The summed E-state index contributed by atoms with van der Waals surface area (Å²) in [6.45, 7) is 4.56. The Balaban J connectivity index is 1.56. The number of aliphatic imine (C=N–C) groups is 1. The molecule has 33 heavy (non-hydrogen) atoms. The molecular weight excluding hydrogens is 438 g/mol. The van der Waals surface area contributed by atoms with E-state index in [2.05, 4.69) is 20.3 Å². The zero-order chi connectivity index (χ0) is 23.6. The zero-order valence-corrected chi connectivity index (χ0v) is 19.6. The van der Waals surface area contributed by atoms with Crippen LogP contribution in [-0.4, -0.2) is 45.5 Å². The van der Waals surface area contributed by atoms with Crippen LogP contribution in [0.15, 0.2) is 57.1 Å². The molecule has 2 heterocycles. The lowest BCUT2D eigenvalue weighted by atomic mass is 9.97. The summed E-state index contributed by atoms with van der Waals surface area (Å²) >= 11 is 1.38. The number of amides is 1. The first-order chi connectivity index (χ1) is 15.7. The number of anilines is 2. The van der Waals surface area contributed by atoms with Crippen molar-refractivity contribution in [3.63, 3.8) is 0 Å². The molecule has 2 fully saturated rings. The van der Waals surface area contributed by atoms with Crippen molar-refractivity contribution in [2.45, 2.75) is 48.8 Å². The molecule has 1 aromatic carbocycles. The molecule has 174 valence electrons. The topological polar surface area (TPSA) is 143 Å². The fraction of sp³-hybridized carbons (Fsp3) is 0.391. The average molecular weight is 468 g/mol. The van der Waals surface area contributed by atoms with Gasteiger partial charge in [0.1, 0.15) is 11.7 Å². The average Bonchev–Trinajstić information content (AvgIpc) is 3.58. The number of nitrogens with one attached hydrogen (secondary N) is 1. The van der Waals surface area contributed by atoms with Gasteiger partial charge in [-0.2, -0.15) is 0 Å². The molecule has 0 radical (unpaired) electrons. The minimum absolute atomic E-state index is 0.0340. The molecule has 10 heteroatoms. The fourth-order valence-electron chi connectivity index (χ4n) is 3.43. The van der Waals surface area contributed by atoms with Gasteiger partial charge in [0.25, 0.3) is 0 Å². The molecule has 1 aliphatic heterocycles. The van der Waals surface area contributed by atoms with E-state index in [1.165, 1.54) is 11.8 Å². The highest BCUT2D eigenvalue weighted by molar-refractivity contribution is 7.99. The molecular formula is C23H29N7O2S. The van der Waals surface area contributed by atoms with Gasteiger partial charge in [-0.1, -0.05) is 6.92 Å². The molecule has 0 unspecified atom stereocenters. The number of benzene rings is 1. The molecule has 0 spiro atoms. The minimum atomic E-state index is -0.735. The zero-order valence-electron chi connectivity index (χ0n) is 18.8. The van der Waals surface area contributed by atoms with Crippen LogP contribution in [0.3, 0.4) is 0 Å². The van der Waals surface area contributed by atoms with Crippen LogP contribution in [0.2, 0.25) is 0 Å². The molecule has 0 atom stereocenters. The fourth-order valence-corrected chi connectivity index (χ4v) is 4.20. The number of amidine groups is 1. The lowest BCUT2D eigenvalue weighted by Gasteiger charge is -2.44. The number of hydrogen-bond acceptors (Lipinski definition) is 8. The molecule has 1 saturated carbocycles. The van der Waals surface area contributed by atoms with Gasteiger partial charge < -0.3 is 26.8 Å². The third-order valence-corrected chi connectivity index (χ3v) is 6.21. The van der Waals surface area contributed by atoms with Crippen molar-refractivity contribution in [2.75, 3.05) is 23.3 Å². The quantitative estimate of drug-likeness (QED) is 0.264. The number of aromatic nitrogens is 2. The van der Waals surface area contributed by atoms with Crippen molar-refractivity contribution in [3.05, 3.63) is 42.1 Å². The van der Waals surface area contributed by atoms with Crippen molar-refractivity contribution in [1.82, 2.24) is 9.97 Å². The lowest BCUT2D eigenvalue weighted by molar-refractivity contribution is -0.115. The number of nitrogens with two attached hydrogens (primary N) is 2. The van der Waals surface area contributed by atoms with Crippen LogP contribution in [0.5, 0.6) is 0 Å². The van der Waals surface area contributed by atoms with Gasteiger partial charge in [0.2, 0.25) is 5.91 Å². The summed E-state index contributed by atoms with van der Waals surface area (Å²) in [6.07, 6.45) is 4.30.